The number of fused-ring (bicyclic) bond motifs is 2. The Labute approximate surface area is 374 Å². The molecule has 9 rings (SSSR count). The SMILES string of the molecule is Cl.Cl.N[C@@H]1CCN(c2cc(NCc3ccc(Cl)cc3Cl)n3nccc3n2)C1.O=C(N[C@@H]1CCN(c2cc(NCc3ccc(Cl)cc3Cl)n3nccc3n2)C1)N1CCCC1. The van der Waals surface area contributed by atoms with Gasteiger partial charge in [0.15, 0.2) is 11.3 Å². The van der Waals surface area contributed by atoms with Crippen molar-refractivity contribution in [2.24, 2.45) is 5.73 Å². The van der Waals surface area contributed by atoms with Gasteiger partial charge in [-0.25, -0.2) is 14.8 Å². The van der Waals surface area contributed by atoms with Crippen molar-refractivity contribution < 1.29 is 4.79 Å². The molecule has 4 aromatic heterocycles. The highest BCUT2D eigenvalue weighted by atomic mass is 35.5. The fourth-order valence-corrected chi connectivity index (χ4v) is 8.30. The number of benzene rings is 2. The zero-order valence-corrected chi connectivity index (χ0v) is 36.6. The van der Waals surface area contributed by atoms with E-state index in [1.807, 2.05) is 53.4 Å². The highest BCUT2D eigenvalue weighted by molar-refractivity contribution is 6.35. The second-order valence-electron chi connectivity index (χ2n) is 14.5. The van der Waals surface area contributed by atoms with Crippen LogP contribution in [-0.4, -0.2) is 91.5 Å². The van der Waals surface area contributed by atoms with Crippen LogP contribution in [0.5, 0.6) is 0 Å². The first-order valence-electron chi connectivity index (χ1n) is 19.0. The van der Waals surface area contributed by atoms with E-state index in [-0.39, 0.29) is 42.9 Å². The zero-order valence-electron chi connectivity index (χ0n) is 31.9. The van der Waals surface area contributed by atoms with Gasteiger partial charge in [-0.15, -0.1) is 24.8 Å². The molecule has 5 N–H and O–H groups in total. The lowest BCUT2D eigenvalue weighted by atomic mass is 10.2. The standard InChI is InChI=1S/C22H25Cl2N7O.C17H18Cl2N6.2ClH/c23-16-4-3-15(18(24)11-16)13-25-20-12-21(28-19-5-7-26-31(19)20)30-10-6-17(14-30)27-22(32)29-8-1-2-9-29;18-12-2-1-11(14(19)7-12)9-21-16-8-17(24-6-4-13(20)10-24)23-15-3-5-22-25(15)16;;/h3-5,7,11-12,17,25H,1-2,6,8-10,13-14H2,(H,27,32);1-3,5,7-8,13,21H,4,6,9-10,20H2;2*1H/t17-;13-;;/m11../s1. The van der Waals surface area contributed by atoms with Crippen molar-refractivity contribution in [2.75, 3.05) is 59.7 Å². The van der Waals surface area contributed by atoms with E-state index in [0.29, 0.717) is 33.2 Å². The van der Waals surface area contributed by atoms with E-state index in [2.05, 4.69) is 40.9 Å². The molecule has 2 amide bonds. The van der Waals surface area contributed by atoms with Gasteiger partial charge in [-0.2, -0.15) is 19.2 Å². The van der Waals surface area contributed by atoms with Crippen molar-refractivity contribution in [3.05, 3.63) is 104 Å². The van der Waals surface area contributed by atoms with Crippen LogP contribution in [0.3, 0.4) is 0 Å². The number of carbonyl (C=O) groups is 1. The predicted octanol–water partition coefficient (Wildman–Crippen LogP) is 8.06. The van der Waals surface area contributed by atoms with Gasteiger partial charge in [0.2, 0.25) is 0 Å². The second kappa shape index (κ2) is 19.9. The topological polar surface area (TPSA) is 149 Å². The van der Waals surface area contributed by atoms with Crippen molar-refractivity contribution >= 4 is 112 Å². The maximum Gasteiger partial charge on any atom is 0.317 e. The molecule has 0 bridgehead atoms. The van der Waals surface area contributed by atoms with Crippen LogP contribution in [0, 0.1) is 0 Å². The molecule has 20 heteroatoms. The van der Waals surface area contributed by atoms with Crippen molar-refractivity contribution in [1.29, 1.82) is 0 Å². The third-order valence-electron chi connectivity index (χ3n) is 10.4. The van der Waals surface area contributed by atoms with E-state index in [4.69, 9.17) is 57.1 Å². The molecule has 59 heavy (non-hydrogen) atoms. The summed E-state index contributed by atoms with van der Waals surface area (Å²) in [5, 5.41) is 21.2. The Balaban J connectivity index is 0.000000197. The highest BCUT2D eigenvalue weighted by Gasteiger charge is 2.28. The number of amides is 2. The minimum Gasteiger partial charge on any atom is -0.366 e. The normalized spacial score (nSPS) is 17.4. The van der Waals surface area contributed by atoms with Gasteiger partial charge in [-0.3, -0.25) is 0 Å². The lowest BCUT2D eigenvalue weighted by Crippen LogP contribution is -2.44. The highest BCUT2D eigenvalue weighted by Crippen LogP contribution is 2.28. The molecule has 0 unspecified atom stereocenters. The molecule has 0 aliphatic carbocycles. The molecule has 3 fully saturated rings. The number of likely N-dealkylation sites (tertiary alicyclic amines) is 1. The number of nitrogens with zero attached hydrogens (tertiary/aromatic N) is 9. The lowest BCUT2D eigenvalue weighted by Gasteiger charge is -2.22. The van der Waals surface area contributed by atoms with E-state index in [1.165, 1.54) is 0 Å². The monoisotopic (exact) mass is 921 g/mol. The number of aromatic nitrogens is 6. The first-order valence-corrected chi connectivity index (χ1v) is 20.5. The number of nitrogens with two attached hydrogens (primary N) is 1. The summed E-state index contributed by atoms with van der Waals surface area (Å²) in [5.41, 5.74) is 9.49. The fourth-order valence-electron chi connectivity index (χ4n) is 7.34. The summed E-state index contributed by atoms with van der Waals surface area (Å²) < 4.78 is 3.55. The van der Waals surface area contributed by atoms with E-state index >= 15 is 0 Å². The number of rotatable bonds is 9. The number of urea groups is 1. The Morgan fingerprint density at radius 3 is 1.68 bits per heavy atom. The lowest BCUT2D eigenvalue weighted by molar-refractivity contribution is 0.205. The number of halogens is 6. The molecule has 3 saturated heterocycles. The maximum atomic E-state index is 12.4. The molecule has 6 aromatic rings. The number of hydrogen-bond acceptors (Lipinski definition) is 10. The Morgan fingerprint density at radius 1 is 0.678 bits per heavy atom. The first kappa shape index (κ1) is 44.4. The quantitative estimate of drug-likeness (QED) is 0.112. The van der Waals surface area contributed by atoms with Crippen LogP contribution in [0.1, 0.15) is 36.8 Å². The molecule has 7 heterocycles. The average molecular weight is 925 g/mol. The number of hydrogen-bond donors (Lipinski definition) is 4. The third-order valence-corrected chi connectivity index (χ3v) is 11.6. The van der Waals surface area contributed by atoms with Crippen molar-refractivity contribution in [3.63, 3.8) is 0 Å². The summed E-state index contributed by atoms with van der Waals surface area (Å²) in [6.07, 6.45) is 7.54. The van der Waals surface area contributed by atoms with Crippen LogP contribution in [0.15, 0.2) is 73.1 Å². The van der Waals surface area contributed by atoms with Gasteiger partial charge in [0.25, 0.3) is 0 Å². The Morgan fingerprint density at radius 2 is 1.19 bits per heavy atom. The molecule has 2 aromatic carbocycles. The van der Waals surface area contributed by atoms with E-state index in [1.54, 1.807) is 33.6 Å². The summed E-state index contributed by atoms with van der Waals surface area (Å²) in [6, 6.07) is 19.1. The van der Waals surface area contributed by atoms with Crippen LogP contribution in [-0.2, 0) is 13.1 Å². The van der Waals surface area contributed by atoms with Gasteiger partial charge >= 0.3 is 6.03 Å². The first-order chi connectivity index (χ1) is 27.7. The van der Waals surface area contributed by atoms with Crippen LogP contribution >= 0.6 is 71.2 Å². The molecule has 14 nitrogen and oxygen atoms in total. The van der Waals surface area contributed by atoms with E-state index < -0.39 is 0 Å². The molecule has 314 valence electrons. The van der Waals surface area contributed by atoms with Crippen LogP contribution in [0.4, 0.5) is 28.1 Å². The largest absolute Gasteiger partial charge is 0.366 e. The summed E-state index contributed by atoms with van der Waals surface area (Å²) in [7, 11) is 0. The summed E-state index contributed by atoms with van der Waals surface area (Å²) in [5.74, 6) is 3.45. The summed E-state index contributed by atoms with van der Waals surface area (Å²) in [4.78, 5) is 28.2. The molecule has 3 aliphatic heterocycles. The average Bonchev–Trinajstić information content (AvgIpc) is 4.05. The fraction of sp³-hybridized carbons (Fsp3) is 0.359. The predicted molar refractivity (Wildman–Crippen MR) is 243 cm³/mol. The van der Waals surface area contributed by atoms with Gasteiger partial charge < -0.3 is 36.4 Å². The minimum absolute atomic E-state index is 0. The number of carbonyl (C=O) groups excluding carboxylic acids is 1. The van der Waals surface area contributed by atoms with Crippen LogP contribution in [0.2, 0.25) is 20.1 Å². The van der Waals surface area contributed by atoms with Crippen molar-refractivity contribution in [2.45, 2.75) is 50.9 Å². The second-order valence-corrected chi connectivity index (χ2v) is 16.1. The zero-order chi connectivity index (χ0) is 39.5. The molecule has 2 atom stereocenters. The Bertz CT molecular complexity index is 2370. The molecule has 0 radical (unpaired) electrons. The van der Waals surface area contributed by atoms with Gasteiger partial charge in [0.05, 0.1) is 12.4 Å². The van der Waals surface area contributed by atoms with Crippen molar-refractivity contribution in [1.82, 2.24) is 39.4 Å². The molecule has 3 aliphatic rings. The summed E-state index contributed by atoms with van der Waals surface area (Å²) in [6.45, 7) is 6.12. The van der Waals surface area contributed by atoms with Gasteiger partial charge in [0, 0.05) is 109 Å². The Hall–Kier alpha value is -4.15. The summed E-state index contributed by atoms with van der Waals surface area (Å²) >= 11 is 24.6. The Kier molecular flexibility index (Phi) is 15.0. The van der Waals surface area contributed by atoms with E-state index in [9.17, 15) is 4.79 Å². The van der Waals surface area contributed by atoms with Gasteiger partial charge in [0.1, 0.15) is 23.3 Å². The van der Waals surface area contributed by atoms with E-state index in [0.717, 1.165) is 111 Å². The maximum absolute atomic E-state index is 12.4. The molecular formula is C39H45Cl6N13O. The van der Waals surface area contributed by atoms with Crippen LogP contribution in [0.25, 0.3) is 11.3 Å². The number of nitrogens with one attached hydrogen (secondary N) is 3. The molecular weight excluding hydrogens is 879 g/mol. The van der Waals surface area contributed by atoms with Crippen LogP contribution < -0.4 is 31.5 Å². The molecule has 0 spiro atoms. The van der Waals surface area contributed by atoms with Crippen molar-refractivity contribution in [3.8, 4) is 0 Å². The van der Waals surface area contributed by atoms with Gasteiger partial charge in [-0.05, 0) is 61.1 Å². The molecule has 0 saturated carbocycles. The minimum atomic E-state index is 0. The number of anilines is 4. The smallest absolute Gasteiger partial charge is 0.317 e. The van der Waals surface area contributed by atoms with Gasteiger partial charge in [-0.1, -0.05) is 58.5 Å². The third kappa shape index (κ3) is 10.6.